The molecule has 1 aliphatic rings. The van der Waals surface area contributed by atoms with Crippen LogP contribution in [0.5, 0.6) is 0 Å². The Balaban J connectivity index is 2.22. The van der Waals surface area contributed by atoms with Gasteiger partial charge in [-0.25, -0.2) is 0 Å². The van der Waals surface area contributed by atoms with E-state index in [0.717, 1.165) is 25.2 Å². The lowest BCUT2D eigenvalue weighted by Gasteiger charge is -2.02. The molecule has 0 radical (unpaired) electrons. The van der Waals surface area contributed by atoms with Crippen LogP contribution in [0.15, 0.2) is 0 Å². The van der Waals surface area contributed by atoms with Crippen molar-refractivity contribution < 1.29 is 0 Å². The van der Waals surface area contributed by atoms with E-state index in [1.807, 2.05) is 0 Å². The largest absolute Gasteiger partial charge is 0.368 e. The maximum Gasteiger partial charge on any atom is 0.151 e. The average molecular weight is 165 g/mol. The number of H-pyrrole nitrogens is 1. The zero-order valence-electron chi connectivity index (χ0n) is 7.65. The van der Waals surface area contributed by atoms with Crippen LogP contribution in [-0.4, -0.2) is 16.7 Å². The second-order valence-electron chi connectivity index (χ2n) is 3.80. The molecule has 0 amide bonds. The van der Waals surface area contributed by atoms with Crippen molar-refractivity contribution in [3.05, 3.63) is 11.3 Å². The van der Waals surface area contributed by atoms with Crippen LogP contribution in [0.25, 0.3) is 0 Å². The number of hydrogen-bond donors (Lipinski definition) is 2. The van der Waals surface area contributed by atoms with Gasteiger partial charge in [-0.05, 0) is 18.8 Å². The minimum Gasteiger partial charge on any atom is -0.368 e. The van der Waals surface area contributed by atoms with Gasteiger partial charge in [0.2, 0.25) is 0 Å². The lowest BCUT2D eigenvalue weighted by Crippen LogP contribution is -1.99. The maximum atomic E-state index is 4.21. The lowest BCUT2D eigenvalue weighted by atomic mass is 10.0. The Kier molecular flexibility index (Phi) is 1.79. The molecule has 0 atom stereocenters. The van der Waals surface area contributed by atoms with Crippen molar-refractivity contribution in [3.8, 4) is 0 Å². The molecule has 2 rings (SSSR count). The molecular formula is C9H15N3. The van der Waals surface area contributed by atoms with Crippen LogP contribution in [0.3, 0.4) is 0 Å². The standard InChI is InChI=1S/C9H15N3/c1-6(2)5-8-7-3-4-10-9(7)12-11-8/h6H,3-5H2,1-2H3,(H2,10,11,12). The molecule has 0 unspecified atom stereocenters. The van der Waals surface area contributed by atoms with Gasteiger partial charge < -0.3 is 5.32 Å². The summed E-state index contributed by atoms with van der Waals surface area (Å²) in [6.07, 6.45) is 2.25. The van der Waals surface area contributed by atoms with E-state index in [0.29, 0.717) is 5.92 Å². The van der Waals surface area contributed by atoms with Crippen LogP contribution in [-0.2, 0) is 12.8 Å². The van der Waals surface area contributed by atoms with Gasteiger partial charge in [0.25, 0.3) is 0 Å². The van der Waals surface area contributed by atoms with E-state index >= 15 is 0 Å². The maximum absolute atomic E-state index is 4.21. The molecular weight excluding hydrogens is 150 g/mol. The number of nitrogens with one attached hydrogen (secondary N) is 2. The summed E-state index contributed by atoms with van der Waals surface area (Å²) in [6, 6.07) is 0. The van der Waals surface area contributed by atoms with Crippen LogP contribution in [0, 0.1) is 5.92 Å². The van der Waals surface area contributed by atoms with Crippen molar-refractivity contribution in [3.63, 3.8) is 0 Å². The number of hydrogen-bond acceptors (Lipinski definition) is 2. The molecule has 1 aromatic rings. The molecule has 0 fully saturated rings. The van der Waals surface area contributed by atoms with Gasteiger partial charge in [-0.15, -0.1) is 0 Å². The van der Waals surface area contributed by atoms with Gasteiger partial charge in [0.1, 0.15) is 0 Å². The number of aromatic nitrogens is 2. The fourth-order valence-corrected chi connectivity index (χ4v) is 1.70. The summed E-state index contributed by atoms with van der Waals surface area (Å²) in [4.78, 5) is 0. The highest BCUT2D eigenvalue weighted by atomic mass is 15.2. The van der Waals surface area contributed by atoms with Crippen LogP contribution >= 0.6 is 0 Å². The SMILES string of the molecule is CC(C)Cc1[nH]nc2c1CCN2. The van der Waals surface area contributed by atoms with Gasteiger partial charge in [-0.3, -0.25) is 5.10 Å². The summed E-state index contributed by atoms with van der Waals surface area (Å²) in [7, 11) is 0. The Hall–Kier alpha value is -0.990. The Morgan fingerprint density at radius 3 is 3.08 bits per heavy atom. The molecule has 0 aliphatic carbocycles. The van der Waals surface area contributed by atoms with E-state index in [-0.39, 0.29) is 0 Å². The number of rotatable bonds is 2. The first-order valence-electron chi connectivity index (χ1n) is 4.57. The second-order valence-corrected chi connectivity index (χ2v) is 3.80. The van der Waals surface area contributed by atoms with Crippen molar-refractivity contribution in [2.75, 3.05) is 11.9 Å². The summed E-state index contributed by atoms with van der Waals surface area (Å²) in [5.41, 5.74) is 2.73. The first kappa shape index (κ1) is 7.65. The zero-order valence-corrected chi connectivity index (χ0v) is 7.65. The molecule has 0 saturated heterocycles. The molecule has 66 valence electrons. The van der Waals surface area contributed by atoms with E-state index in [9.17, 15) is 0 Å². The molecule has 3 heteroatoms. The fraction of sp³-hybridized carbons (Fsp3) is 0.667. The molecule has 12 heavy (non-hydrogen) atoms. The van der Waals surface area contributed by atoms with Crippen LogP contribution in [0.1, 0.15) is 25.1 Å². The van der Waals surface area contributed by atoms with Gasteiger partial charge in [-0.2, -0.15) is 5.10 Å². The van der Waals surface area contributed by atoms with Crippen molar-refractivity contribution in [1.29, 1.82) is 0 Å². The summed E-state index contributed by atoms with van der Waals surface area (Å²) in [5, 5.41) is 10.6. The van der Waals surface area contributed by atoms with E-state index in [1.54, 1.807) is 0 Å². The molecule has 0 bridgehead atoms. The van der Waals surface area contributed by atoms with E-state index < -0.39 is 0 Å². The highest BCUT2D eigenvalue weighted by molar-refractivity contribution is 5.51. The summed E-state index contributed by atoms with van der Waals surface area (Å²) >= 11 is 0. The van der Waals surface area contributed by atoms with Crippen LogP contribution in [0.4, 0.5) is 5.82 Å². The Morgan fingerprint density at radius 1 is 1.50 bits per heavy atom. The van der Waals surface area contributed by atoms with E-state index in [2.05, 4.69) is 29.4 Å². The first-order valence-corrected chi connectivity index (χ1v) is 4.57. The predicted octanol–water partition coefficient (Wildman–Crippen LogP) is 1.58. The Morgan fingerprint density at radius 2 is 2.33 bits per heavy atom. The predicted molar refractivity (Wildman–Crippen MR) is 49.3 cm³/mol. The van der Waals surface area contributed by atoms with Gasteiger partial charge in [0.05, 0.1) is 0 Å². The molecule has 0 spiro atoms. The third-order valence-corrected chi connectivity index (χ3v) is 2.23. The summed E-state index contributed by atoms with van der Waals surface area (Å²) < 4.78 is 0. The third-order valence-electron chi connectivity index (χ3n) is 2.23. The Labute approximate surface area is 72.6 Å². The van der Waals surface area contributed by atoms with Gasteiger partial charge in [-0.1, -0.05) is 13.8 Å². The second kappa shape index (κ2) is 2.81. The average Bonchev–Trinajstić information content (AvgIpc) is 2.52. The number of fused-ring (bicyclic) bond motifs is 1. The normalized spacial score (nSPS) is 14.9. The first-order chi connectivity index (χ1) is 5.77. The molecule has 0 saturated carbocycles. The van der Waals surface area contributed by atoms with Crippen molar-refractivity contribution in [2.24, 2.45) is 5.92 Å². The van der Waals surface area contributed by atoms with Crippen molar-refractivity contribution >= 4 is 5.82 Å². The van der Waals surface area contributed by atoms with Crippen LogP contribution in [0.2, 0.25) is 0 Å². The monoisotopic (exact) mass is 165 g/mol. The quantitative estimate of drug-likeness (QED) is 0.698. The van der Waals surface area contributed by atoms with Crippen LogP contribution < -0.4 is 5.32 Å². The summed E-state index contributed by atoms with van der Waals surface area (Å²) in [6.45, 7) is 5.52. The van der Waals surface area contributed by atoms with Crippen molar-refractivity contribution in [1.82, 2.24) is 10.2 Å². The number of anilines is 1. The highest BCUT2D eigenvalue weighted by Gasteiger charge is 2.17. The van der Waals surface area contributed by atoms with Gasteiger partial charge >= 0.3 is 0 Å². The zero-order chi connectivity index (χ0) is 8.55. The minimum atomic E-state index is 0.704. The molecule has 2 N–H and O–H groups in total. The molecule has 1 aliphatic heterocycles. The smallest absolute Gasteiger partial charge is 0.151 e. The molecule has 2 heterocycles. The number of aromatic amines is 1. The van der Waals surface area contributed by atoms with Gasteiger partial charge in [0.15, 0.2) is 5.82 Å². The van der Waals surface area contributed by atoms with E-state index in [1.165, 1.54) is 11.3 Å². The fourth-order valence-electron chi connectivity index (χ4n) is 1.70. The summed E-state index contributed by atoms with van der Waals surface area (Å²) in [5.74, 6) is 1.78. The van der Waals surface area contributed by atoms with Crippen molar-refractivity contribution in [2.45, 2.75) is 26.7 Å². The highest BCUT2D eigenvalue weighted by Crippen LogP contribution is 2.23. The number of nitrogens with zero attached hydrogens (tertiary/aromatic N) is 1. The lowest BCUT2D eigenvalue weighted by molar-refractivity contribution is 0.629. The molecule has 3 nitrogen and oxygen atoms in total. The molecule has 1 aromatic heterocycles. The topological polar surface area (TPSA) is 40.7 Å². The third kappa shape index (κ3) is 1.19. The minimum absolute atomic E-state index is 0.704. The molecule has 0 aromatic carbocycles. The van der Waals surface area contributed by atoms with Gasteiger partial charge in [0, 0.05) is 17.8 Å². The Bertz CT molecular complexity index is 275. The van der Waals surface area contributed by atoms with E-state index in [4.69, 9.17) is 0 Å².